The third-order valence-corrected chi connectivity index (χ3v) is 5.80. The first-order valence-corrected chi connectivity index (χ1v) is 9.83. The van der Waals surface area contributed by atoms with Gasteiger partial charge in [0.25, 0.3) is 0 Å². The Morgan fingerprint density at radius 3 is 2.92 bits per heavy atom. The molecular weight excluding hydrogens is 370 g/mol. The summed E-state index contributed by atoms with van der Waals surface area (Å²) in [4.78, 5) is 21.8. The molecule has 3 aromatic rings. The fourth-order valence-corrected chi connectivity index (χ4v) is 4.38. The number of hydrogen-bond donors (Lipinski definition) is 2. The Morgan fingerprint density at radius 1 is 1.31 bits per heavy atom. The second-order valence-corrected chi connectivity index (χ2v) is 7.59. The lowest BCUT2D eigenvalue weighted by Gasteiger charge is -2.19. The summed E-state index contributed by atoms with van der Waals surface area (Å²) in [6.45, 7) is 2.63. The van der Waals surface area contributed by atoms with Crippen LogP contribution in [0, 0.1) is 6.92 Å². The highest BCUT2D eigenvalue weighted by Gasteiger charge is 2.31. The second-order valence-electron chi connectivity index (χ2n) is 5.92. The van der Waals surface area contributed by atoms with Crippen molar-refractivity contribution < 1.29 is 9.53 Å². The molecule has 0 aromatic carbocycles. The van der Waals surface area contributed by atoms with Crippen LogP contribution in [0.3, 0.4) is 0 Å². The summed E-state index contributed by atoms with van der Waals surface area (Å²) in [5.74, 6) is 0.650. The normalized spacial score (nSPS) is 19.4. The predicted molar refractivity (Wildman–Crippen MR) is 101 cm³/mol. The summed E-state index contributed by atoms with van der Waals surface area (Å²) in [5.41, 5.74) is 2.14. The van der Waals surface area contributed by atoms with Gasteiger partial charge < -0.3 is 10.1 Å². The van der Waals surface area contributed by atoms with Crippen LogP contribution in [0.4, 0.5) is 9.93 Å². The Hall–Kier alpha value is -2.36. The minimum atomic E-state index is -0.301. The van der Waals surface area contributed by atoms with E-state index in [0.717, 1.165) is 22.4 Å². The monoisotopic (exact) mass is 387 g/mol. The van der Waals surface area contributed by atoms with Gasteiger partial charge in [0.05, 0.1) is 10.9 Å². The molecule has 26 heavy (non-hydrogen) atoms. The number of hydrogen-bond acceptors (Lipinski definition) is 7. The molecule has 134 valence electrons. The van der Waals surface area contributed by atoms with E-state index in [4.69, 9.17) is 4.74 Å². The molecule has 4 heterocycles. The van der Waals surface area contributed by atoms with Gasteiger partial charge in [0.15, 0.2) is 5.82 Å². The molecule has 0 spiro atoms. The Morgan fingerprint density at radius 2 is 2.15 bits per heavy atom. The predicted octanol–water partition coefficient (Wildman–Crippen LogP) is 3.62. The minimum Gasteiger partial charge on any atom is -0.371 e. The average Bonchev–Trinajstić information content (AvgIpc) is 3.37. The zero-order valence-electron chi connectivity index (χ0n) is 14.0. The minimum absolute atomic E-state index is 0.0932. The van der Waals surface area contributed by atoms with Crippen molar-refractivity contribution in [3.63, 3.8) is 0 Å². The molecule has 2 amide bonds. The number of nitrogens with one attached hydrogen (secondary N) is 2. The molecular formula is C17H17N5O2S2. The number of anilines is 1. The van der Waals surface area contributed by atoms with E-state index < -0.39 is 0 Å². The lowest BCUT2D eigenvalue weighted by Crippen LogP contribution is -2.39. The van der Waals surface area contributed by atoms with Gasteiger partial charge in [0, 0.05) is 30.5 Å². The number of rotatable bonds is 4. The van der Waals surface area contributed by atoms with E-state index in [0.29, 0.717) is 17.6 Å². The van der Waals surface area contributed by atoms with E-state index in [-0.39, 0.29) is 18.2 Å². The van der Waals surface area contributed by atoms with Crippen LogP contribution in [0.1, 0.15) is 23.7 Å². The van der Waals surface area contributed by atoms with Gasteiger partial charge in [-0.05, 0) is 48.1 Å². The van der Waals surface area contributed by atoms with Gasteiger partial charge in [-0.2, -0.15) is 9.36 Å². The van der Waals surface area contributed by atoms with E-state index >= 15 is 0 Å². The van der Waals surface area contributed by atoms with Crippen LogP contribution in [0.25, 0.3) is 10.7 Å². The number of urea groups is 1. The summed E-state index contributed by atoms with van der Waals surface area (Å²) < 4.78 is 10.1. The lowest BCUT2D eigenvalue weighted by atomic mass is 10.0. The highest BCUT2D eigenvalue weighted by atomic mass is 32.1. The van der Waals surface area contributed by atoms with E-state index in [1.807, 2.05) is 30.5 Å². The van der Waals surface area contributed by atoms with Crippen LogP contribution >= 0.6 is 22.9 Å². The molecule has 0 radical (unpaired) electrons. The summed E-state index contributed by atoms with van der Waals surface area (Å²) in [6.07, 6.45) is 4.05. The van der Waals surface area contributed by atoms with E-state index in [1.54, 1.807) is 23.7 Å². The fourth-order valence-electron chi connectivity index (χ4n) is 2.89. The van der Waals surface area contributed by atoms with Crippen molar-refractivity contribution in [2.24, 2.45) is 0 Å². The Kier molecular flexibility index (Phi) is 4.91. The van der Waals surface area contributed by atoms with Crippen LogP contribution < -0.4 is 10.6 Å². The summed E-state index contributed by atoms with van der Waals surface area (Å²) in [7, 11) is 0. The van der Waals surface area contributed by atoms with Crippen molar-refractivity contribution in [1.29, 1.82) is 0 Å². The molecule has 1 saturated heterocycles. The lowest BCUT2D eigenvalue weighted by molar-refractivity contribution is 0.100. The largest absolute Gasteiger partial charge is 0.371 e. The third kappa shape index (κ3) is 3.59. The van der Waals surface area contributed by atoms with Crippen molar-refractivity contribution >= 4 is 34.0 Å². The SMILES string of the molecule is Cc1ccsc1-c1nsc(NC(=O)N[C@H]2CCO[C@@H]2c2ccncc2)n1. The van der Waals surface area contributed by atoms with Crippen molar-refractivity contribution in [3.05, 3.63) is 47.1 Å². The Labute approximate surface area is 158 Å². The van der Waals surface area contributed by atoms with Crippen molar-refractivity contribution in [2.75, 3.05) is 11.9 Å². The quantitative estimate of drug-likeness (QED) is 0.714. The van der Waals surface area contributed by atoms with Crippen LogP contribution in [-0.2, 0) is 4.74 Å². The van der Waals surface area contributed by atoms with Crippen LogP contribution in [-0.4, -0.2) is 33.0 Å². The van der Waals surface area contributed by atoms with Crippen LogP contribution in [0.15, 0.2) is 36.0 Å². The Balaban J connectivity index is 1.40. The van der Waals surface area contributed by atoms with Gasteiger partial charge in [0.1, 0.15) is 6.10 Å². The fraction of sp³-hybridized carbons (Fsp3) is 0.294. The summed E-state index contributed by atoms with van der Waals surface area (Å²) in [6, 6.07) is 5.45. The maximum atomic E-state index is 12.4. The molecule has 4 rings (SSSR count). The first-order chi connectivity index (χ1) is 12.7. The molecule has 1 fully saturated rings. The maximum absolute atomic E-state index is 12.4. The van der Waals surface area contributed by atoms with E-state index in [1.165, 1.54) is 11.5 Å². The number of aromatic nitrogens is 3. The van der Waals surface area contributed by atoms with Gasteiger partial charge >= 0.3 is 6.03 Å². The first-order valence-electron chi connectivity index (χ1n) is 8.18. The molecule has 0 aliphatic carbocycles. The van der Waals surface area contributed by atoms with Gasteiger partial charge in [-0.25, -0.2) is 4.79 Å². The first kappa shape index (κ1) is 17.1. The smallest absolute Gasteiger partial charge is 0.321 e. The van der Waals surface area contributed by atoms with Gasteiger partial charge in [-0.1, -0.05) is 0 Å². The molecule has 7 nitrogen and oxygen atoms in total. The molecule has 3 aromatic heterocycles. The second kappa shape index (κ2) is 7.48. The van der Waals surface area contributed by atoms with Crippen molar-refractivity contribution in [2.45, 2.75) is 25.5 Å². The molecule has 9 heteroatoms. The highest BCUT2D eigenvalue weighted by Crippen LogP contribution is 2.30. The number of thiophene rings is 1. The van der Waals surface area contributed by atoms with E-state index in [9.17, 15) is 4.79 Å². The maximum Gasteiger partial charge on any atom is 0.321 e. The van der Waals surface area contributed by atoms with Gasteiger partial charge in [-0.15, -0.1) is 11.3 Å². The standard InChI is InChI=1S/C17H17N5O2S2/c1-10-5-9-25-14(10)15-20-17(26-22-15)21-16(23)19-12-4-8-24-13(12)11-2-6-18-7-3-11/h2-3,5-7,9,12-13H,4,8H2,1H3,(H2,19,20,21,22,23)/t12-,13+/m0/s1. The van der Waals surface area contributed by atoms with Crippen LogP contribution in [0.2, 0.25) is 0 Å². The molecule has 0 saturated carbocycles. The number of aryl methyl sites for hydroxylation is 1. The molecule has 1 aliphatic heterocycles. The number of ether oxygens (including phenoxy) is 1. The number of amides is 2. The summed E-state index contributed by atoms with van der Waals surface area (Å²) >= 11 is 2.76. The zero-order chi connectivity index (χ0) is 17.9. The number of carbonyl (C=O) groups is 1. The number of pyridine rings is 1. The number of nitrogens with zero attached hydrogens (tertiary/aromatic N) is 3. The number of carbonyl (C=O) groups excluding carboxylic acids is 1. The third-order valence-electron chi connectivity index (χ3n) is 4.15. The summed E-state index contributed by atoms with van der Waals surface area (Å²) in [5, 5.41) is 8.23. The molecule has 2 N–H and O–H groups in total. The van der Waals surface area contributed by atoms with Crippen LogP contribution in [0.5, 0.6) is 0 Å². The average molecular weight is 387 g/mol. The Bertz CT molecular complexity index is 895. The van der Waals surface area contributed by atoms with Gasteiger partial charge in [0.2, 0.25) is 5.13 Å². The van der Waals surface area contributed by atoms with Crippen molar-refractivity contribution in [3.8, 4) is 10.7 Å². The highest BCUT2D eigenvalue weighted by molar-refractivity contribution is 7.14. The topological polar surface area (TPSA) is 89.0 Å². The molecule has 2 atom stereocenters. The van der Waals surface area contributed by atoms with Gasteiger partial charge in [-0.3, -0.25) is 10.3 Å². The molecule has 0 unspecified atom stereocenters. The van der Waals surface area contributed by atoms with E-state index in [2.05, 4.69) is 25.0 Å². The zero-order valence-corrected chi connectivity index (χ0v) is 15.6. The van der Waals surface area contributed by atoms with Crippen molar-refractivity contribution in [1.82, 2.24) is 19.7 Å². The molecule has 1 aliphatic rings. The molecule has 0 bridgehead atoms.